The third-order valence-corrected chi connectivity index (χ3v) is 1.30. The molecule has 1 aromatic carbocycles. The van der Waals surface area contributed by atoms with E-state index in [2.05, 4.69) is 0 Å². The van der Waals surface area contributed by atoms with Crippen molar-refractivity contribution in [3.63, 3.8) is 0 Å². The van der Waals surface area contributed by atoms with Crippen LogP contribution >= 0.6 is 11.6 Å². The Labute approximate surface area is 61.4 Å². The van der Waals surface area contributed by atoms with E-state index in [0.29, 0.717) is 0 Å². The van der Waals surface area contributed by atoms with Crippen LogP contribution in [0.3, 0.4) is 0 Å². The molecule has 1 nitrogen and oxygen atoms in total. The van der Waals surface area contributed by atoms with Gasteiger partial charge in [0.1, 0.15) is 5.82 Å². The molecule has 0 aliphatic heterocycles. The van der Waals surface area contributed by atoms with E-state index in [0.717, 1.165) is 12.1 Å². The molecular weight excluding hydrogens is 160 g/mol. The van der Waals surface area contributed by atoms with Gasteiger partial charge in [0.2, 0.25) is 0 Å². The molecule has 0 atom stereocenters. The van der Waals surface area contributed by atoms with Crippen LogP contribution in [0.1, 0.15) is 0 Å². The Morgan fingerprint density at radius 1 is 1.30 bits per heavy atom. The van der Waals surface area contributed by atoms with Crippen molar-refractivity contribution in [1.82, 2.24) is 0 Å². The van der Waals surface area contributed by atoms with Crippen molar-refractivity contribution >= 4 is 17.3 Å². The summed E-state index contributed by atoms with van der Waals surface area (Å²) in [4.78, 5) is 0. The van der Waals surface area contributed by atoms with Gasteiger partial charge in [0.05, 0.1) is 10.7 Å². The number of hydrogen-bond acceptors (Lipinski definition) is 1. The third-order valence-electron chi connectivity index (χ3n) is 1.02. The van der Waals surface area contributed by atoms with Crippen LogP contribution < -0.4 is 5.73 Å². The highest BCUT2D eigenvalue weighted by Gasteiger charge is 2.05. The van der Waals surface area contributed by atoms with E-state index in [-0.39, 0.29) is 10.7 Å². The molecule has 4 heteroatoms. The minimum absolute atomic E-state index is 0.273. The molecule has 0 radical (unpaired) electrons. The molecule has 0 saturated carbocycles. The predicted molar refractivity (Wildman–Crippen MR) is 35.8 cm³/mol. The normalized spacial score (nSPS) is 9.90. The summed E-state index contributed by atoms with van der Waals surface area (Å²) in [6, 6.07) is 1.74. The molecule has 54 valence electrons. The summed E-state index contributed by atoms with van der Waals surface area (Å²) in [7, 11) is 0. The van der Waals surface area contributed by atoms with Crippen molar-refractivity contribution in [2.45, 2.75) is 0 Å². The standard InChI is InChI=1S/C6H4ClF2N/c7-4-1-3(8)2-5(10)6(4)9/h1-2H,10H2. The zero-order chi connectivity index (χ0) is 7.72. The maximum atomic E-state index is 12.5. The lowest BCUT2D eigenvalue weighted by atomic mass is 10.3. The van der Waals surface area contributed by atoms with E-state index in [1.807, 2.05) is 0 Å². The summed E-state index contributed by atoms with van der Waals surface area (Å²) >= 11 is 5.22. The molecule has 0 bridgehead atoms. The Morgan fingerprint density at radius 2 is 1.90 bits per heavy atom. The fraction of sp³-hybridized carbons (Fsp3) is 0. The molecule has 0 aromatic heterocycles. The zero-order valence-corrected chi connectivity index (χ0v) is 5.62. The van der Waals surface area contributed by atoms with Crippen LogP contribution in [-0.4, -0.2) is 0 Å². The van der Waals surface area contributed by atoms with Gasteiger partial charge in [-0.2, -0.15) is 0 Å². The molecule has 0 heterocycles. The van der Waals surface area contributed by atoms with Gasteiger partial charge in [-0.1, -0.05) is 11.6 Å². The van der Waals surface area contributed by atoms with Crippen molar-refractivity contribution in [2.75, 3.05) is 5.73 Å². The molecule has 0 fully saturated rings. The molecule has 0 amide bonds. The number of benzene rings is 1. The molecular formula is C6H4ClF2N. The second-order valence-electron chi connectivity index (χ2n) is 1.79. The quantitative estimate of drug-likeness (QED) is 0.461. The zero-order valence-electron chi connectivity index (χ0n) is 4.87. The Bertz CT molecular complexity index is 239. The highest BCUT2D eigenvalue weighted by molar-refractivity contribution is 6.31. The van der Waals surface area contributed by atoms with Crippen LogP contribution in [0.2, 0.25) is 5.02 Å². The summed E-state index contributed by atoms with van der Waals surface area (Å²) in [5.74, 6) is -1.41. The number of nitrogens with two attached hydrogens (primary N) is 1. The van der Waals surface area contributed by atoms with Gasteiger partial charge >= 0.3 is 0 Å². The topological polar surface area (TPSA) is 26.0 Å². The highest BCUT2D eigenvalue weighted by Crippen LogP contribution is 2.21. The minimum Gasteiger partial charge on any atom is -0.396 e. The lowest BCUT2D eigenvalue weighted by Gasteiger charge is -1.97. The molecule has 2 N–H and O–H groups in total. The van der Waals surface area contributed by atoms with E-state index in [1.165, 1.54) is 0 Å². The maximum absolute atomic E-state index is 12.5. The van der Waals surface area contributed by atoms with Crippen molar-refractivity contribution in [3.05, 3.63) is 28.8 Å². The lowest BCUT2D eigenvalue weighted by molar-refractivity contribution is 0.604. The first kappa shape index (κ1) is 7.28. The Kier molecular flexibility index (Phi) is 1.76. The molecule has 1 rings (SSSR count). The van der Waals surface area contributed by atoms with Crippen LogP contribution in [0, 0.1) is 11.6 Å². The van der Waals surface area contributed by atoms with Crippen LogP contribution in [-0.2, 0) is 0 Å². The summed E-state index contributed by atoms with van der Waals surface area (Å²) in [5, 5.41) is -0.294. The molecule has 10 heavy (non-hydrogen) atoms. The van der Waals surface area contributed by atoms with Crippen LogP contribution in [0.5, 0.6) is 0 Å². The van der Waals surface area contributed by atoms with E-state index in [1.54, 1.807) is 0 Å². The van der Waals surface area contributed by atoms with Crippen molar-refractivity contribution in [3.8, 4) is 0 Å². The maximum Gasteiger partial charge on any atom is 0.164 e. The van der Waals surface area contributed by atoms with Gasteiger partial charge < -0.3 is 5.73 Å². The Morgan fingerprint density at radius 3 is 2.40 bits per heavy atom. The van der Waals surface area contributed by atoms with Gasteiger partial charge in [0.15, 0.2) is 5.82 Å². The smallest absolute Gasteiger partial charge is 0.164 e. The van der Waals surface area contributed by atoms with Crippen LogP contribution in [0.4, 0.5) is 14.5 Å². The minimum atomic E-state index is -0.775. The van der Waals surface area contributed by atoms with E-state index >= 15 is 0 Å². The molecule has 0 saturated heterocycles. The van der Waals surface area contributed by atoms with Gasteiger partial charge in [0, 0.05) is 0 Å². The second-order valence-corrected chi connectivity index (χ2v) is 2.20. The average Bonchev–Trinajstić information content (AvgIpc) is 1.82. The van der Waals surface area contributed by atoms with Crippen molar-refractivity contribution < 1.29 is 8.78 Å². The first-order valence-corrected chi connectivity index (χ1v) is 2.89. The summed E-state index contributed by atoms with van der Waals surface area (Å²) in [6.45, 7) is 0. The van der Waals surface area contributed by atoms with Gasteiger partial charge in [-0.15, -0.1) is 0 Å². The summed E-state index contributed by atoms with van der Waals surface area (Å²) in [5.41, 5.74) is 4.75. The number of halogens is 3. The monoisotopic (exact) mass is 163 g/mol. The fourth-order valence-corrected chi connectivity index (χ4v) is 0.789. The van der Waals surface area contributed by atoms with Crippen molar-refractivity contribution in [2.24, 2.45) is 0 Å². The van der Waals surface area contributed by atoms with E-state index in [9.17, 15) is 8.78 Å². The van der Waals surface area contributed by atoms with Crippen LogP contribution in [0.15, 0.2) is 12.1 Å². The first-order valence-electron chi connectivity index (χ1n) is 2.51. The number of anilines is 1. The molecule has 1 aromatic rings. The molecule has 0 aliphatic carbocycles. The van der Waals surface area contributed by atoms with Crippen molar-refractivity contribution in [1.29, 1.82) is 0 Å². The summed E-state index contributed by atoms with van der Waals surface area (Å²) in [6.07, 6.45) is 0. The first-order chi connectivity index (χ1) is 4.61. The Hall–Kier alpha value is -0.830. The number of hydrogen-bond donors (Lipinski definition) is 1. The van der Waals surface area contributed by atoms with Gasteiger partial charge in [0.25, 0.3) is 0 Å². The summed E-state index contributed by atoms with van der Waals surface area (Å²) < 4.78 is 24.8. The van der Waals surface area contributed by atoms with E-state index < -0.39 is 11.6 Å². The Balaban J connectivity index is 3.31. The fourth-order valence-electron chi connectivity index (χ4n) is 0.576. The lowest BCUT2D eigenvalue weighted by Crippen LogP contribution is -1.92. The van der Waals surface area contributed by atoms with E-state index in [4.69, 9.17) is 17.3 Å². The van der Waals surface area contributed by atoms with Crippen LogP contribution in [0.25, 0.3) is 0 Å². The largest absolute Gasteiger partial charge is 0.396 e. The van der Waals surface area contributed by atoms with Gasteiger partial charge in [-0.3, -0.25) is 0 Å². The SMILES string of the molecule is Nc1cc(F)cc(Cl)c1F. The highest BCUT2D eigenvalue weighted by atomic mass is 35.5. The number of nitrogen functional groups attached to an aromatic ring is 1. The predicted octanol–water partition coefficient (Wildman–Crippen LogP) is 2.20. The number of rotatable bonds is 0. The second kappa shape index (κ2) is 2.42. The van der Waals surface area contributed by atoms with Gasteiger partial charge in [-0.05, 0) is 12.1 Å². The average molecular weight is 164 g/mol. The molecule has 0 aliphatic rings. The third kappa shape index (κ3) is 1.19. The molecule has 0 unspecified atom stereocenters. The van der Waals surface area contributed by atoms with Gasteiger partial charge in [-0.25, -0.2) is 8.78 Å². The molecule has 0 spiro atoms.